The Labute approximate surface area is 109 Å². The summed E-state index contributed by atoms with van der Waals surface area (Å²) in [5, 5.41) is 4.17. The Morgan fingerprint density at radius 2 is 2.28 bits per heavy atom. The van der Waals surface area contributed by atoms with Gasteiger partial charge in [0.1, 0.15) is 5.82 Å². The molecule has 0 aliphatic carbocycles. The molecule has 0 atom stereocenters. The number of rotatable bonds is 4. The number of carbonyl (C=O) groups excluding carboxylic acids is 1. The molecule has 0 bridgehead atoms. The number of benzene rings is 1. The highest BCUT2D eigenvalue weighted by Crippen LogP contribution is 2.21. The maximum atomic E-state index is 13.5. The van der Waals surface area contributed by atoms with E-state index < -0.39 is 5.82 Å². The van der Waals surface area contributed by atoms with Crippen molar-refractivity contribution in [2.24, 2.45) is 7.05 Å². The lowest BCUT2D eigenvalue weighted by atomic mass is 10.0. The third kappa shape index (κ3) is 2.76. The van der Waals surface area contributed by atoms with Gasteiger partial charge in [0.2, 0.25) is 0 Å². The fourth-order valence-corrected chi connectivity index (χ4v) is 2.02. The van der Waals surface area contributed by atoms with Gasteiger partial charge in [-0.2, -0.15) is 5.10 Å². The van der Waals surface area contributed by atoms with E-state index in [-0.39, 0.29) is 22.8 Å². The largest absolute Gasteiger partial charge is 0.294 e. The number of nitrogens with zero attached hydrogens (tertiary/aromatic N) is 2. The van der Waals surface area contributed by atoms with Gasteiger partial charge in [-0.1, -0.05) is 17.7 Å². The Balaban J connectivity index is 2.08. The average molecular weight is 267 g/mol. The lowest BCUT2D eigenvalue weighted by Crippen LogP contribution is -2.04. The Kier molecular flexibility index (Phi) is 3.77. The summed E-state index contributed by atoms with van der Waals surface area (Å²) in [4.78, 5) is 11.9. The van der Waals surface area contributed by atoms with Gasteiger partial charge in [-0.15, -0.1) is 0 Å². The molecule has 1 aromatic heterocycles. The van der Waals surface area contributed by atoms with Crippen LogP contribution in [0, 0.1) is 5.82 Å². The standard InChI is InChI=1S/C13H12ClFN2O/c1-17-8-9(7-16-17)5-6-12(18)13-10(14)3-2-4-11(13)15/h2-4,7-8H,5-6H2,1H3. The molecule has 0 fully saturated rings. The average Bonchev–Trinajstić information content (AvgIpc) is 2.72. The molecular formula is C13H12ClFN2O. The third-order valence-electron chi connectivity index (χ3n) is 2.64. The quantitative estimate of drug-likeness (QED) is 0.798. The zero-order valence-electron chi connectivity index (χ0n) is 9.86. The normalized spacial score (nSPS) is 10.6. The van der Waals surface area contributed by atoms with Crippen LogP contribution < -0.4 is 0 Å². The second-order valence-electron chi connectivity index (χ2n) is 4.04. The van der Waals surface area contributed by atoms with Gasteiger partial charge < -0.3 is 0 Å². The lowest BCUT2D eigenvalue weighted by molar-refractivity contribution is 0.0979. The maximum Gasteiger partial charge on any atom is 0.167 e. The van der Waals surface area contributed by atoms with Gasteiger partial charge in [0.15, 0.2) is 5.78 Å². The molecular weight excluding hydrogens is 255 g/mol. The molecule has 5 heteroatoms. The number of Topliss-reactive ketones (excluding diaryl/α,β-unsaturated/α-hetero) is 1. The summed E-state index contributed by atoms with van der Waals surface area (Å²) in [6.07, 6.45) is 4.26. The summed E-state index contributed by atoms with van der Waals surface area (Å²) in [6.45, 7) is 0. The summed E-state index contributed by atoms with van der Waals surface area (Å²) in [5.41, 5.74) is 0.918. The first-order valence-electron chi connectivity index (χ1n) is 5.52. The van der Waals surface area contributed by atoms with Crippen LogP contribution in [0.4, 0.5) is 4.39 Å². The van der Waals surface area contributed by atoms with Gasteiger partial charge in [0.25, 0.3) is 0 Å². The fourth-order valence-electron chi connectivity index (χ4n) is 1.75. The number of halogens is 2. The Morgan fingerprint density at radius 3 is 2.89 bits per heavy atom. The second-order valence-corrected chi connectivity index (χ2v) is 4.45. The molecule has 0 aliphatic heterocycles. The molecule has 0 spiro atoms. The van der Waals surface area contributed by atoms with Gasteiger partial charge >= 0.3 is 0 Å². The number of carbonyl (C=O) groups is 1. The fraction of sp³-hybridized carbons (Fsp3) is 0.231. The smallest absolute Gasteiger partial charge is 0.167 e. The topological polar surface area (TPSA) is 34.9 Å². The van der Waals surface area contributed by atoms with Crippen molar-refractivity contribution in [3.05, 3.63) is 52.6 Å². The molecule has 3 nitrogen and oxygen atoms in total. The summed E-state index contributed by atoms with van der Waals surface area (Å²) in [7, 11) is 1.80. The first kappa shape index (κ1) is 12.8. The van der Waals surface area contributed by atoms with Gasteiger partial charge in [-0.25, -0.2) is 4.39 Å². The van der Waals surface area contributed by atoms with Gasteiger partial charge in [-0.3, -0.25) is 9.48 Å². The number of aromatic nitrogens is 2. The maximum absolute atomic E-state index is 13.5. The summed E-state index contributed by atoms with van der Waals surface area (Å²) in [5.74, 6) is -0.861. The Morgan fingerprint density at radius 1 is 1.50 bits per heavy atom. The van der Waals surface area contributed by atoms with Crippen LogP contribution in [0.25, 0.3) is 0 Å². The van der Waals surface area contributed by atoms with Crippen LogP contribution in [0.2, 0.25) is 5.02 Å². The molecule has 0 radical (unpaired) electrons. The zero-order valence-corrected chi connectivity index (χ0v) is 10.6. The van der Waals surface area contributed by atoms with E-state index in [9.17, 15) is 9.18 Å². The van der Waals surface area contributed by atoms with Gasteiger partial charge in [0.05, 0.1) is 16.8 Å². The van der Waals surface area contributed by atoms with Crippen molar-refractivity contribution in [2.45, 2.75) is 12.8 Å². The van der Waals surface area contributed by atoms with E-state index in [1.165, 1.54) is 18.2 Å². The van der Waals surface area contributed by atoms with Crippen molar-refractivity contribution in [3.63, 3.8) is 0 Å². The number of aryl methyl sites for hydroxylation is 2. The first-order chi connectivity index (χ1) is 8.58. The van der Waals surface area contributed by atoms with Crippen molar-refractivity contribution in [3.8, 4) is 0 Å². The van der Waals surface area contributed by atoms with E-state index in [2.05, 4.69) is 5.10 Å². The monoisotopic (exact) mass is 266 g/mol. The van der Waals surface area contributed by atoms with Crippen LogP contribution in [0.1, 0.15) is 22.3 Å². The highest BCUT2D eigenvalue weighted by atomic mass is 35.5. The molecule has 0 aliphatic rings. The van der Waals surface area contributed by atoms with E-state index in [4.69, 9.17) is 11.6 Å². The molecule has 1 aromatic carbocycles. The predicted molar refractivity (Wildman–Crippen MR) is 67.3 cm³/mol. The van der Waals surface area contributed by atoms with Gasteiger partial charge in [-0.05, 0) is 24.1 Å². The third-order valence-corrected chi connectivity index (χ3v) is 2.96. The SMILES string of the molecule is Cn1cc(CCC(=O)c2c(F)cccc2Cl)cn1. The molecule has 1 heterocycles. The van der Waals surface area contributed by atoms with E-state index >= 15 is 0 Å². The number of ketones is 1. The van der Waals surface area contributed by atoms with Crippen LogP contribution in [-0.4, -0.2) is 15.6 Å². The van der Waals surface area contributed by atoms with Crippen molar-refractivity contribution in [2.75, 3.05) is 0 Å². The summed E-state index contributed by atoms with van der Waals surface area (Å²) in [6, 6.07) is 4.24. The van der Waals surface area contributed by atoms with Crippen LogP contribution in [0.3, 0.4) is 0 Å². The van der Waals surface area contributed by atoms with E-state index in [1.54, 1.807) is 17.9 Å². The molecule has 2 aromatic rings. The minimum Gasteiger partial charge on any atom is -0.294 e. The molecule has 94 valence electrons. The Hall–Kier alpha value is -1.68. The van der Waals surface area contributed by atoms with Crippen molar-refractivity contribution < 1.29 is 9.18 Å². The summed E-state index contributed by atoms with van der Waals surface area (Å²) >= 11 is 5.83. The number of hydrogen-bond acceptors (Lipinski definition) is 2. The summed E-state index contributed by atoms with van der Waals surface area (Å²) < 4.78 is 15.2. The highest BCUT2D eigenvalue weighted by molar-refractivity contribution is 6.34. The molecule has 0 saturated carbocycles. The lowest BCUT2D eigenvalue weighted by Gasteiger charge is -2.04. The molecule has 2 rings (SSSR count). The molecule has 0 amide bonds. The van der Waals surface area contributed by atoms with Crippen LogP contribution >= 0.6 is 11.6 Å². The van der Waals surface area contributed by atoms with E-state index in [1.807, 2.05) is 6.20 Å². The minimum absolute atomic E-state index is 0.0249. The van der Waals surface area contributed by atoms with E-state index in [0.717, 1.165) is 5.56 Å². The molecule has 0 saturated heterocycles. The van der Waals surface area contributed by atoms with Crippen molar-refractivity contribution in [1.29, 1.82) is 0 Å². The molecule has 0 N–H and O–H groups in total. The van der Waals surface area contributed by atoms with Crippen LogP contribution in [-0.2, 0) is 13.5 Å². The Bertz CT molecular complexity index is 560. The molecule has 18 heavy (non-hydrogen) atoms. The predicted octanol–water partition coefficient (Wildman–Crippen LogP) is 3.03. The van der Waals surface area contributed by atoms with Crippen LogP contribution in [0.15, 0.2) is 30.6 Å². The highest BCUT2D eigenvalue weighted by Gasteiger charge is 2.15. The number of hydrogen-bond donors (Lipinski definition) is 0. The van der Waals surface area contributed by atoms with E-state index in [0.29, 0.717) is 6.42 Å². The second kappa shape index (κ2) is 5.31. The van der Waals surface area contributed by atoms with Gasteiger partial charge in [0, 0.05) is 19.7 Å². The molecule has 0 unspecified atom stereocenters. The minimum atomic E-state index is -0.571. The zero-order chi connectivity index (χ0) is 13.1. The van der Waals surface area contributed by atoms with Crippen LogP contribution in [0.5, 0.6) is 0 Å². The first-order valence-corrected chi connectivity index (χ1v) is 5.90. The van der Waals surface area contributed by atoms with Crippen molar-refractivity contribution in [1.82, 2.24) is 9.78 Å². The van der Waals surface area contributed by atoms with Crippen molar-refractivity contribution >= 4 is 17.4 Å².